The number of fused-ring (bicyclic) bond motifs is 1. The maximum Gasteiger partial charge on any atom is 0.322 e. The number of nitrogens with one attached hydrogen (secondary N) is 1. The molecular formula is C11H14N2O2. The molecule has 0 aromatic heterocycles. The Morgan fingerprint density at radius 3 is 2.93 bits per heavy atom. The molecule has 0 bridgehead atoms. The Hall–Kier alpha value is -1.55. The van der Waals surface area contributed by atoms with Gasteiger partial charge in [-0.15, -0.1) is 0 Å². The number of rotatable bonds is 2. The molecule has 1 aliphatic rings. The molecule has 0 saturated heterocycles. The first-order valence-corrected chi connectivity index (χ1v) is 5.01. The van der Waals surface area contributed by atoms with Crippen molar-refractivity contribution in [2.24, 2.45) is 0 Å². The summed E-state index contributed by atoms with van der Waals surface area (Å²) in [7, 11) is 0. The Balaban J connectivity index is 2.34. The second-order valence-electron chi connectivity index (χ2n) is 3.61. The normalized spacial score (nSPS) is 19.7. The molecule has 4 nitrogen and oxygen atoms in total. The molecule has 2 rings (SSSR count). The van der Waals surface area contributed by atoms with Crippen molar-refractivity contribution in [2.45, 2.75) is 13.0 Å². The standard InChI is InChI=1S/C11H14N2O2/c1-8-9-4-2-3-5-10(9)12-11(15)13(8)6-7-14/h2-5,8,14H,6-7H2,1H3,(H,12,15). The highest BCUT2D eigenvalue weighted by atomic mass is 16.3. The quantitative estimate of drug-likeness (QED) is 0.772. The Labute approximate surface area is 88.5 Å². The molecule has 1 aliphatic heterocycles. The molecule has 2 N–H and O–H groups in total. The molecule has 1 aromatic rings. The van der Waals surface area contributed by atoms with Crippen LogP contribution in [0.15, 0.2) is 24.3 Å². The first kappa shape index (κ1) is 9.98. The zero-order valence-corrected chi connectivity index (χ0v) is 8.60. The summed E-state index contributed by atoms with van der Waals surface area (Å²) in [6.45, 7) is 2.31. The van der Waals surface area contributed by atoms with E-state index < -0.39 is 0 Å². The molecule has 1 heterocycles. The Kier molecular flexibility index (Phi) is 2.60. The molecule has 0 saturated carbocycles. The van der Waals surface area contributed by atoms with E-state index in [0.29, 0.717) is 6.54 Å². The van der Waals surface area contributed by atoms with Crippen molar-refractivity contribution in [1.29, 1.82) is 0 Å². The molecule has 0 spiro atoms. The summed E-state index contributed by atoms with van der Waals surface area (Å²) in [6, 6.07) is 7.60. The summed E-state index contributed by atoms with van der Waals surface area (Å²) in [5.41, 5.74) is 1.95. The van der Waals surface area contributed by atoms with E-state index in [9.17, 15) is 4.79 Å². The third-order valence-electron chi connectivity index (χ3n) is 2.72. The van der Waals surface area contributed by atoms with Crippen LogP contribution in [-0.2, 0) is 0 Å². The molecule has 1 aromatic carbocycles. The van der Waals surface area contributed by atoms with Crippen LogP contribution >= 0.6 is 0 Å². The number of anilines is 1. The fourth-order valence-electron chi connectivity index (χ4n) is 1.91. The van der Waals surface area contributed by atoms with Crippen LogP contribution < -0.4 is 5.32 Å². The molecule has 1 atom stereocenters. The number of aliphatic hydroxyl groups is 1. The summed E-state index contributed by atoms with van der Waals surface area (Å²) < 4.78 is 0. The number of para-hydroxylation sites is 1. The fourth-order valence-corrected chi connectivity index (χ4v) is 1.91. The highest BCUT2D eigenvalue weighted by Gasteiger charge is 2.28. The number of hydrogen-bond donors (Lipinski definition) is 2. The zero-order chi connectivity index (χ0) is 10.8. The Bertz CT molecular complexity index is 379. The number of aliphatic hydroxyl groups excluding tert-OH is 1. The maximum atomic E-state index is 11.7. The lowest BCUT2D eigenvalue weighted by Gasteiger charge is -2.34. The van der Waals surface area contributed by atoms with Gasteiger partial charge in [0.05, 0.1) is 12.6 Å². The van der Waals surface area contributed by atoms with Crippen LogP contribution in [0.1, 0.15) is 18.5 Å². The Morgan fingerprint density at radius 1 is 1.47 bits per heavy atom. The number of nitrogens with zero attached hydrogens (tertiary/aromatic N) is 1. The van der Waals surface area contributed by atoms with Crippen LogP contribution in [0.25, 0.3) is 0 Å². The van der Waals surface area contributed by atoms with Crippen molar-refractivity contribution < 1.29 is 9.90 Å². The van der Waals surface area contributed by atoms with Crippen LogP contribution in [0.2, 0.25) is 0 Å². The van der Waals surface area contributed by atoms with Gasteiger partial charge in [0.15, 0.2) is 0 Å². The van der Waals surface area contributed by atoms with E-state index >= 15 is 0 Å². The zero-order valence-electron chi connectivity index (χ0n) is 8.60. The van der Waals surface area contributed by atoms with Gasteiger partial charge < -0.3 is 15.3 Å². The highest BCUT2D eigenvalue weighted by molar-refractivity contribution is 5.92. The summed E-state index contributed by atoms with van der Waals surface area (Å²) >= 11 is 0. The summed E-state index contributed by atoms with van der Waals surface area (Å²) in [5, 5.41) is 11.7. The lowest BCUT2D eigenvalue weighted by atomic mass is 10.0. The van der Waals surface area contributed by atoms with Crippen molar-refractivity contribution in [3.8, 4) is 0 Å². The van der Waals surface area contributed by atoms with Crippen LogP contribution in [0.4, 0.5) is 10.5 Å². The molecule has 0 radical (unpaired) electrons. The summed E-state index contributed by atoms with van der Waals surface area (Å²) in [5.74, 6) is 0. The van der Waals surface area contributed by atoms with Crippen molar-refractivity contribution in [3.63, 3.8) is 0 Å². The monoisotopic (exact) mass is 206 g/mol. The van der Waals surface area contributed by atoms with E-state index in [1.165, 1.54) is 0 Å². The third-order valence-corrected chi connectivity index (χ3v) is 2.72. The van der Waals surface area contributed by atoms with Gasteiger partial charge in [-0.3, -0.25) is 0 Å². The molecule has 15 heavy (non-hydrogen) atoms. The summed E-state index contributed by atoms with van der Waals surface area (Å²) in [4.78, 5) is 13.3. The number of urea groups is 1. The molecule has 2 amide bonds. The summed E-state index contributed by atoms with van der Waals surface area (Å²) in [6.07, 6.45) is 0. The molecule has 80 valence electrons. The smallest absolute Gasteiger partial charge is 0.322 e. The van der Waals surface area contributed by atoms with Gasteiger partial charge in [-0.1, -0.05) is 18.2 Å². The molecule has 0 fully saturated rings. The van der Waals surface area contributed by atoms with Gasteiger partial charge in [0.25, 0.3) is 0 Å². The molecule has 1 unspecified atom stereocenters. The van der Waals surface area contributed by atoms with Gasteiger partial charge in [0.2, 0.25) is 0 Å². The van der Waals surface area contributed by atoms with Gasteiger partial charge in [-0.05, 0) is 18.6 Å². The highest BCUT2D eigenvalue weighted by Crippen LogP contribution is 2.31. The van der Waals surface area contributed by atoms with Gasteiger partial charge in [-0.25, -0.2) is 4.79 Å². The number of carbonyl (C=O) groups is 1. The van der Waals surface area contributed by atoms with E-state index in [0.717, 1.165) is 11.3 Å². The molecular weight excluding hydrogens is 192 g/mol. The molecule has 0 aliphatic carbocycles. The van der Waals surface area contributed by atoms with Crippen LogP contribution in [-0.4, -0.2) is 29.2 Å². The minimum atomic E-state index is -0.143. The van der Waals surface area contributed by atoms with Gasteiger partial charge >= 0.3 is 6.03 Å². The van der Waals surface area contributed by atoms with Crippen molar-refractivity contribution in [2.75, 3.05) is 18.5 Å². The van der Waals surface area contributed by atoms with E-state index in [1.807, 2.05) is 31.2 Å². The SMILES string of the molecule is CC1c2ccccc2NC(=O)N1CCO. The average Bonchev–Trinajstić information content (AvgIpc) is 2.24. The minimum Gasteiger partial charge on any atom is -0.395 e. The first-order chi connectivity index (χ1) is 7.24. The number of carbonyl (C=O) groups excluding carboxylic acids is 1. The second-order valence-corrected chi connectivity index (χ2v) is 3.61. The number of β-amino-alcohol motifs (C(OH)–C–C–N with tert-alkyl or cyclic N) is 1. The van der Waals surface area contributed by atoms with Crippen molar-refractivity contribution >= 4 is 11.7 Å². The first-order valence-electron chi connectivity index (χ1n) is 5.01. The second kappa shape index (κ2) is 3.90. The fraction of sp³-hybridized carbons (Fsp3) is 0.364. The van der Waals surface area contributed by atoms with Crippen LogP contribution in [0, 0.1) is 0 Å². The van der Waals surface area contributed by atoms with Gasteiger partial charge in [-0.2, -0.15) is 0 Å². The topological polar surface area (TPSA) is 52.6 Å². The average molecular weight is 206 g/mol. The van der Waals surface area contributed by atoms with E-state index in [2.05, 4.69) is 5.32 Å². The Morgan fingerprint density at radius 2 is 2.20 bits per heavy atom. The minimum absolute atomic E-state index is 0.0140. The number of benzene rings is 1. The number of amides is 2. The lowest BCUT2D eigenvalue weighted by molar-refractivity contribution is 0.164. The maximum absolute atomic E-state index is 11.7. The predicted octanol–water partition coefficient (Wildman–Crippen LogP) is 1.59. The van der Waals surface area contributed by atoms with Crippen LogP contribution in [0.5, 0.6) is 0 Å². The van der Waals surface area contributed by atoms with Gasteiger partial charge in [0.1, 0.15) is 0 Å². The predicted molar refractivity (Wildman–Crippen MR) is 57.7 cm³/mol. The van der Waals surface area contributed by atoms with E-state index in [4.69, 9.17) is 5.11 Å². The largest absolute Gasteiger partial charge is 0.395 e. The number of hydrogen-bond acceptors (Lipinski definition) is 2. The van der Waals surface area contributed by atoms with E-state index in [1.54, 1.807) is 4.90 Å². The molecule has 4 heteroatoms. The third kappa shape index (κ3) is 1.68. The van der Waals surface area contributed by atoms with Gasteiger partial charge in [0, 0.05) is 12.2 Å². The van der Waals surface area contributed by atoms with Crippen molar-refractivity contribution in [1.82, 2.24) is 4.90 Å². The van der Waals surface area contributed by atoms with Crippen LogP contribution in [0.3, 0.4) is 0 Å². The van der Waals surface area contributed by atoms with E-state index in [-0.39, 0.29) is 18.7 Å². The lowest BCUT2D eigenvalue weighted by Crippen LogP contribution is -2.42. The van der Waals surface area contributed by atoms with Crippen molar-refractivity contribution in [3.05, 3.63) is 29.8 Å².